The number of benzene rings is 2. The molecule has 0 heterocycles. The van der Waals surface area contributed by atoms with Crippen molar-refractivity contribution in [2.45, 2.75) is 71.0 Å². The van der Waals surface area contributed by atoms with Gasteiger partial charge in [-0.25, -0.2) is 0 Å². The molecule has 0 radical (unpaired) electrons. The van der Waals surface area contributed by atoms with E-state index < -0.39 is 18.4 Å². The summed E-state index contributed by atoms with van der Waals surface area (Å²) in [6, 6.07) is 15.1. The number of esters is 2. The van der Waals surface area contributed by atoms with E-state index in [-0.39, 0.29) is 37.3 Å². The van der Waals surface area contributed by atoms with Gasteiger partial charge in [-0.15, -0.1) is 0 Å². The zero-order valence-electron chi connectivity index (χ0n) is 20.1. The van der Waals surface area contributed by atoms with Crippen molar-refractivity contribution in [3.05, 3.63) is 70.8 Å². The number of carbonyl (C=O) groups is 2. The lowest BCUT2D eigenvalue weighted by atomic mass is 9.80. The maximum absolute atomic E-state index is 12.1. The van der Waals surface area contributed by atoms with E-state index in [0.717, 1.165) is 35.1 Å². The maximum Gasteiger partial charge on any atom is 0.317 e. The number of aliphatic hydroxyl groups is 2. The fourth-order valence-electron chi connectivity index (χ4n) is 3.44. The van der Waals surface area contributed by atoms with Gasteiger partial charge in [0.2, 0.25) is 0 Å². The quantitative estimate of drug-likeness (QED) is 0.368. The molecule has 2 aromatic carbocycles. The first kappa shape index (κ1) is 26.6. The first-order valence-corrected chi connectivity index (χ1v) is 11.4. The third kappa shape index (κ3) is 7.14. The smallest absolute Gasteiger partial charge is 0.317 e. The van der Waals surface area contributed by atoms with E-state index in [9.17, 15) is 19.8 Å². The SMILES string of the molecule is CCC(C)(CO)c1cccc(COC(=O)CC(=O)OCc2cccc(C(C)(CC)CO)c2)c1. The first-order valence-electron chi connectivity index (χ1n) is 11.4. The highest BCUT2D eigenvalue weighted by atomic mass is 16.6. The Hall–Kier alpha value is -2.70. The van der Waals surface area contributed by atoms with Crippen LogP contribution in [-0.4, -0.2) is 35.4 Å². The summed E-state index contributed by atoms with van der Waals surface area (Å²) in [6.07, 6.45) is 1.09. The summed E-state index contributed by atoms with van der Waals surface area (Å²) in [4.78, 5) is 24.2. The zero-order chi connectivity index (χ0) is 24.5. The van der Waals surface area contributed by atoms with E-state index in [0.29, 0.717) is 0 Å². The molecule has 33 heavy (non-hydrogen) atoms. The van der Waals surface area contributed by atoms with Crippen LogP contribution in [0, 0.1) is 0 Å². The molecule has 0 aliphatic rings. The minimum absolute atomic E-state index is 0.0270. The van der Waals surface area contributed by atoms with E-state index in [1.54, 1.807) is 0 Å². The second-order valence-electron chi connectivity index (χ2n) is 9.04. The number of hydrogen-bond acceptors (Lipinski definition) is 6. The lowest BCUT2D eigenvalue weighted by molar-refractivity contribution is -0.156. The van der Waals surface area contributed by atoms with Crippen molar-refractivity contribution < 1.29 is 29.3 Å². The third-order valence-electron chi connectivity index (χ3n) is 6.59. The zero-order valence-corrected chi connectivity index (χ0v) is 20.1. The van der Waals surface area contributed by atoms with Gasteiger partial charge in [0.1, 0.15) is 19.6 Å². The minimum atomic E-state index is -0.654. The molecule has 0 amide bonds. The third-order valence-corrected chi connectivity index (χ3v) is 6.59. The Morgan fingerprint density at radius 1 is 0.758 bits per heavy atom. The predicted octanol–water partition coefficient (Wildman–Crippen LogP) is 4.18. The summed E-state index contributed by atoms with van der Waals surface area (Å²) < 4.78 is 10.5. The Labute approximate surface area is 196 Å². The summed E-state index contributed by atoms with van der Waals surface area (Å²) >= 11 is 0. The van der Waals surface area contributed by atoms with Gasteiger partial charge in [-0.05, 0) is 35.1 Å². The summed E-state index contributed by atoms with van der Waals surface area (Å²) in [6.45, 7) is 8.14. The van der Waals surface area contributed by atoms with Crippen LogP contribution in [0.15, 0.2) is 48.5 Å². The van der Waals surface area contributed by atoms with Gasteiger partial charge in [-0.1, -0.05) is 76.2 Å². The highest BCUT2D eigenvalue weighted by molar-refractivity contribution is 5.91. The predicted molar refractivity (Wildman–Crippen MR) is 127 cm³/mol. The number of carbonyl (C=O) groups excluding carboxylic acids is 2. The van der Waals surface area contributed by atoms with Crippen molar-refractivity contribution in [1.29, 1.82) is 0 Å². The number of aliphatic hydroxyl groups excluding tert-OH is 2. The molecule has 6 heteroatoms. The van der Waals surface area contributed by atoms with Gasteiger partial charge < -0.3 is 19.7 Å². The van der Waals surface area contributed by atoms with Crippen molar-refractivity contribution in [1.82, 2.24) is 0 Å². The van der Waals surface area contributed by atoms with Crippen LogP contribution in [-0.2, 0) is 43.1 Å². The standard InChI is InChI=1S/C27H36O6/c1-5-26(3,18-28)22-11-7-9-20(13-22)16-32-24(30)15-25(31)33-17-21-10-8-12-23(14-21)27(4,6-2)19-29/h7-14,28-29H,5-6,15-19H2,1-4H3. The van der Waals surface area contributed by atoms with Crippen molar-refractivity contribution in [3.8, 4) is 0 Å². The number of hydrogen-bond donors (Lipinski definition) is 2. The Kier molecular flexibility index (Phi) is 9.62. The molecule has 0 bridgehead atoms. The molecule has 0 fully saturated rings. The highest BCUT2D eigenvalue weighted by Crippen LogP contribution is 2.28. The maximum atomic E-state index is 12.1. The lowest BCUT2D eigenvalue weighted by Crippen LogP contribution is -2.25. The van der Waals surface area contributed by atoms with Gasteiger partial charge in [0.05, 0.1) is 13.2 Å². The Balaban J connectivity index is 1.87. The summed E-state index contributed by atoms with van der Waals surface area (Å²) in [5.74, 6) is -1.31. The average Bonchev–Trinajstić information content (AvgIpc) is 2.85. The Morgan fingerprint density at radius 3 is 1.48 bits per heavy atom. The van der Waals surface area contributed by atoms with Crippen molar-refractivity contribution in [3.63, 3.8) is 0 Å². The van der Waals surface area contributed by atoms with E-state index in [1.165, 1.54) is 0 Å². The average molecular weight is 457 g/mol. The normalized spacial score (nSPS) is 14.7. The summed E-state index contributed by atoms with van der Waals surface area (Å²) in [5.41, 5.74) is 2.83. The molecule has 0 aliphatic carbocycles. The topological polar surface area (TPSA) is 93.1 Å². The second-order valence-corrected chi connectivity index (χ2v) is 9.04. The molecule has 0 aliphatic heterocycles. The molecule has 0 aromatic heterocycles. The number of ether oxygens (including phenoxy) is 2. The van der Waals surface area contributed by atoms with Gasteiger partial charge >= 0.3 is 11.9 Å². The molecule has 2 N–H and O–H groups in total. The molecular weight excluding hydrogens is 420 g/mol. The van der Waals surface area contributed by atoms with Crippen LogP contribution in [0.1, 0.15) is 69.2 Å². The number of rotatable bonds is 12. The van der Waals surface area contributed by atoms with E-state index >= 15 is 0 Å². The van der Waals surface area contributed by atoms with Crippen molar-refractivity contribution >= 4 is 11.9 Å². The van der Waals surface area contributed by atoms with Crippen LogP contribution < -0.4 is 0 Å². The van der Waals surface area contributed by atoms with Crippen LogP contribution in [0.4, 0.5) is 0 Å². The fraction of sp³-hybridized carbons (Fsp3) is 0.481. The van der Waals surface area contributed by atoms with Crippen LogP contribution >= 0.6 is 0 Å². The van der Waals surface area contributed by atoms with Crippen molar-refractivity contribution in [2.75, 3.05) is 13.2 Å². The van der Waals surface area contributed by atoms with Gasteiger partial charge in [0.25, 0.3) is 0 Å². The van der Waals surface area contributed by atoms with E-state index in [4.69, 9.17) is 9.47 Å². The Bertz CT molecular complexity index is 852. The van der Waals surface area contributed by atoms with E-state index in [2.05, 4.69) is 0 Å². The van der Waals surface area contributed by atoms with Crippen molar-refractivity contribution in [2.24, 2.45) is 0 Å². The van der Waals surface area contributed by atoms with Gasteiger partial charge in [0.15, 0.2) is 0 Å². The molecular formula is C27H36O6. The van der Waals surface area contributed by atoms with Crippen LogP contribution in [0.5, 0.6) is 0 Å². The molecule has 2 rings (SSSR count). The molecule has 6 nitrogen and oxygen atoms in total. The molecule has 180 valence electrons. The fourth-order valence-corrected chi connectivity index (χ4v) is 3.44. The second kappa shape index (κ2) is 12.0. The minimum Gasteiger partial charge on any atom is -0.460 e. The monoisotopic (exact) mass is 456 g/mol. The highest BCUT2D eigenvalue weighted by Gasteiger charge is 2.25. The van der Waals surface area contributed by atoms with Crippen LogP contribution in [0.3, 0.4) is 0 Å². The van der Waals surface area contributed by atoms with E-state index in [1.807, 2.05) is 76.2 Å². The molecule has 0 saturated heterocycles. The Morgan fingerprint density at radius 2 is 1.15 bits per heavy atom. The van der Waals surface area contributed by atoms with Gasteiger partial charge in [-0.3, -0.25) is 9.59 Å². The molecule has 0 saturated carbocycles. The van der Waals surface area contributed by atoms with Crippen LogP contribution in [0.2, 0.25) is 0 Å². The van der Waals surface area contributed by atoms with Gasteiger partial charge in [0, 0.05) is 10.8 Å². The first-order chi connectivity index (χ1) is 15.7. The summed E-state index contributed by atoms with van der Waals surface area (Å²) in [5, 5.41) is 19.4. The molecule has 2 aromatic rings. The molecule has 2 unspecified atom stereocenters. The van der Waals surface area contributed by atoms with Gasteiger partial charge in [-0.2, -0.15) is 0 Å². The van der Waals surface area contributed by atoms with Crippen LogP contribution in [0.25, 0.3) is 0 Å². The molecule has 0 spiro atoms. The molecule has 2 atom stereocenters. The summed E-state index contributed by atoms with van der Waals surface area (Å²) in [7, 11) is 0. The largest absolute Gasteiger partial charge is 0.460 e. The lowest BCUT2D eigenvalue weighted by Gasteiger charge is -2.26.